The maximum atomic E-state index is 11.8. The van der Waals surface area contributed by atoms with E-state index in [1.165, 1.54) is 24.8 Å². The molecule has 2 aromatic carbocycles. The van der Waals surface area contributed by atoms with Gasteiger partial charge in [0.05, 0.1) is 17.3 Å². The summed E-state index contributed by atoms with van der Waals surface area (Å²) in [5.74, 6) is 3.00. The first kappa shape index (κ1) is 15.4. The second kappa shape index (κ2) is 5.41. The summed E-state index contributed by atoms with van der Waals surface area (Å²) in [6.45, 7) is 0.264. The molecule has 0 spiro atoms. The molecule has 27 heavy (non-hydrogen) atoms. The number of carbonyl (C=O) groups is 1. The highest BCUT2D eigenvalue weighted by atomic mass is 16.7. The summed E-state index contributed by atoms with van der Waals surface area (Å²) in [6.07, 6.45) is 3.80. The lowest BCUT2D eigenvalue weighted by Crippen LogP contribution is -2.36. The van der Waals surface area contributed by atoms with E-state index in [9.17, 15) is 9.90 Å². The van der Waals surface area contributed by atoms with Crippen molar-refractivity contribution >= 4 is 11.7 Å². The number of fused-ring (bicyclic) bond motifs is 8. The lowest BCUT2D eigenvalue weighted by atomic mass is 9.67. The van der Waals surface area contributed by atoms with Crippen molar-refractivity contribution in [2.45, 2.75) is 31.2 Å². The van der Waals surface area contributed by atoms with Gasteiger partial charge in [0.25, 0.3) is 0 Å². The highest BCUT2D eigenvalue weighted by Gasteiger charge is 2.54. The highest BCUT2D eigenvalue weighted by Crippen LogP contribution is 2.64. The van der Waals surface area contributed by atoms with E-state index >= 15 is 0 Å². The van der Waals surface area contributed by atoms with Gasteiger partial charge >= 0.3 is 5.97 Å². The number of aromatic carboxylic acids is 1. The van der Waals surface area contributed by atoms with Crippen molar-refractivity contribution in [1.29, 1.82) is 0 Å². The molecule has 6 rings (SSSR count). The third-order valence-corrected chi connectivity index (χ3v) is 7.11. The van der Waals surface area contributed by atoms with Crippen molar-refractivity contribution in [2.24, 2.45) is 17.8 Å². The Balaban J connectivity index is 1.51. The minimum atomic E-state index is -0.870. The summed E-state index contributed by atoms with van der Waals surface area (Å²) in [5.41, 5.74) is 3.54. The molecule has 2 N–H and O–H groups in total. The molecule has 0 saturated heterocycles. The SMILES string of the molecule is O=C(O)c1cccc2c1N[C@H](c1ccc3c(c1)OCO3)[C@H]1[C@@H]3CC[C@@H](C3)[C@H]21. The average Bonchev–Trinajstić information content (AvgIpc) is 3.42. The van der Waals surface area contributed by atoms with Crippen molar-refractivity contribution in [3.05, 3.63) is 53.1 Å². The Morgan fingerprint density at radius 1 is 1.07 bits per heavy atom. The Bertz CT molecular complexity index is 955. The molecule has 5 heteroatoms. The molecule has 2 saturated carbocycles. The zero-order chi connectivity index (χ0) is 18.1. The number of hydrogen-bond acceptors (Lipinski definition) is 4. The standard InChI is InChI=1S/C22H21NO4/c24-22(25)15-3-1-2-14-18-11-4-5-12(8-11)19(18)20(23-21(14)15)13-6-7-16-17(9-13)27-10-26-16/h1-3,6-7,9,11-12,18-20,23H,4-5,8,10H2,(H,24,25)/t11-,12+,18+,19-,20+/m0/s1. The van der Waals surface area contributed by atoms with E-state index in [1.807, 2.05) is 12.1 Å². The van der Waals surface area contributed by atoms with Gasteiger partial charge in [0.15, 0.2) is 11.5 Å². The van der Waals surface area contributed by atoms with Gasteiger partial charge in [-0.15, -0.1) is 0 Å². The van der Waals surface area contributed by atoms with E-state index < -0.39 is 5.97 Å². The fourth-order valence-electron chi connectivity index (χ4n) is 6.13. The molecule has 2 aromatic rings. The fraction of sp³-hybridized carbons (Fsp3) is 0.409. The maximum absolute atomic E-state index is 11.8. The topological polar surface area (TPSA) is 67.8 Å². The molecule has 0 amide bonds. The molecule has 5 nitrogen and oxygen atoms in total. The van der Waals surface area contributed by atoms with Gasteiger partial charge in [0, 0.05) is 0 Å². The van der Waals surface area contributed by atoms with Crippen LogP contribution >= 0.6 is 0 Å². The number of nitrogens with one attached hydrogen (secondary N) is 1. The van der Waals surface area contributed by atoms with Gasteiger partial charge in [-0.05, 0) is 72.3 Å². The summed E-state index contributed by atoms with van der Waals surface area (Å²) in [7, 11) is 0. The fourth-order valence-corrected chi connectivity index (χ4v) is 6.13. The van der Waals surface area contributed by atoms with Gasteiger partial charge in [-0.3, -0.25) is 0 Å². The number of hydrogen-bond donors (Lipinski definition) is 2. The van der Waals surface area contributed by atoms with E-state index in [2.05, 4.69) is 23.5 Å². The Labute approximate surface area is 157 Å². The lowest BCUT2D eigenvalue weighted by Gasteiger charge is -2.44. The van der Waals surface area contributed by atoms with Crippen LogP contribution < -0.4 is 14.8 Å². The summed E-state index contributed by atoms with van der Waals surface area (Å²) < 4.78 is 11.1. The van der Waals surface area contributed by atoms with Gasteiger partial charge in [-0.25, -0.2) is 4.79 Å². The largest absolute Gasteiger partial charge is 0.478 e. The van der Waals surface area contributed by atoms with Gasteiger partial charge < -0.3 is 19.9 Å². The summed E-state index contributed by atoms with van der Waals surface area (Å²) in [4.78, 5) is 11.8. The van der Waals surface area contributed by atoms with E-state index in [0.717, 1.165) is 22.7 Å². The van der Waals surface area contributed by atoms with Crippen LogP contribution in [-0.4, -0.2) is 17.9 Å². The number of rotatable bonds is 2. The third kappa shape index (κ3) is 2.08. The lowest BCUT2D eigenvalue weighted by molar-refractivity contribution is 0.0697. The molecule has 138 valence electrons. The van der Waals surface area contributed by atoms with Crippen molar-refractivity contribution in [3.8, 4) is 11.5 Å². The summed E-state index contributed by atoms with van der Waals surface area (Å²) in [6, 6.07) is 12.0. The Morgan fingerprint density at radius 3 is 2.81 bits per heavy atom. The molecule has 0 radical (unpaired) electrons. The van der Waals surface area contributed by atoms with Crippen LogP contribution in [0, 0.1) is 17.8 Å². The maximum Gasteiger partial charge on any atom is 0.337 e. The molecular formula is C22H21NO4. The van der Waals surface area contributed by atoms with Crippen LogP contribution in [0.3, 0.4) is 0 Å². The van der Waals surface area contributed by atoms with E-state index in [0.29, 0.717) is 29.2 Å². The van der Waals surface area contributed by atoms with Crippen LogP contribution in [-0.2, 0) is 0 Å². The second-order valence-electron chi connectivity index (χ2n) is 8.25. The first-order valence-electron chi connectivity index (χ1n) is 9.73. The minimum Gasteiger partial charge on any atom is -0.478 e. The number of benzene rings is 2. The molecule has 2 bridgehead atoms. The molecule has 0 aromatic heterocycles. The monoisotopic (exact) mass is 363 g/mol. The smallest absolute Gasteiger partial charge is 0.337 e. The molecular weight excluding hydrogens is 342 g/mol. The quantitative estimate of drug-likeness (QED) is 0.827. The average molecular weight is 363 g/mol. The first-order chi connectivity index (χ1) is 13.2. The molecule has 5 atom stereocenters. The van der Waals surface area contributed by atoms with Gasteiger partial charge in [-0.2, -0.15) is 0 Å². The first-order valence-corrected chi connectivity index (χ1v) is 9.73. The van der Waals surface area contributed by atoms with Gasteiger partial charge in [-0.1, -0.05) is 18.2 Å². The number of carboxylic acid groups (broad SMARTS) is 1. The molecule has 2 aliphatic heterocycles. The molecule has 4 aliphatic rings. The zero-order valence-electron chi connectivity index (χ0n) is 14.9. The molecule has 2 aliphatic carbocycles. The Morgan fingerprint density at radius 2 is 1.93 bits per heavy atom. The van der Waals surface area contributed by atoms with Crippen molar-refractivity contribution in [3.63, 3.8) is 0 Å². The van der Waals surface area contributed by atoms with Crippen molar-refractivity contribution in [1.82, 2.24) is 0 Å². The van der Waals surface area contributed by atoms with Crippen LogP contribution in [0.1, 0.15) is 52.7 Å². The van der Waals surface area contributed by atoms with Crippen LogP contribution in [0.4, 0.5) is 5.69 Å². The van der Waals surface area contributed by atoms with Gasteiger partial charge in [0.2, 0.25) is 6.79 Å². The number of anilines is 1. The van der Waals surface area contributed by atoms with Crippen molar-refractivity contribution in [2.75, 3.05) is 12.1 Å². The third-order valence-electron chi connectivity index (χ3n) is 7.11. The zero-order valence-corrected chi connectivity index (χ0v) is 14.9. The highest BCUT2D eigenvalue weighted by molar-refractivity contribution is 5.95. The van der Waals surface area contributed by atoms with Crippen molar-refractivity contribution < 1.29 is 19.4 Å². The Kier molecular flexibility index (Phi) is 3.08. The Hall–Kier alpha value is -2.69. The normalized spacial score (nSPS) is 31.9. The predicted octanol–water partition coefficient (Wildman–Crippen LogP) is 4.41. The van der Waals surface area contributed by atoms with E-state index in [-0.39, 0.29) is 12.8 Å². The second-order valence-corrected chi connectivity index (χ2v) is 8.25. The van der Waals surface area contributed by atoms with Gasteiger partial charge in [0.1, 0.15) is 0 Å². The predicted molar refractivity (Wildman–Crippen MR) is 99.4 cm³/mol. The number of ether oxygens (including phenoxy) is 2. The summed E-state index contributed by atoms with van der Waals surface area (Å²) in [5, 5.41) is 13.4. The molecule has 2 heterocycles. The van der Waals surface area contributed by atoms with Crippen LogP contribution in [0.2, 0.25) is 0 Å². The number of para-hydroxylation sites is 1. The van der Waals surface area contributed by atoms with Crippen LogP contribution in [0.15, 0.2) is 36.4 Å². The molecule has 2 fully saturated rings. The summed E-state index contributed by atoms with van der Waals surface area (Å²) >= 11 is 0. The van der Waals surface area contributed by atoms with E-state index in [4.69, 9.17) is 9.47 Å². The molecule has 0 unspecified atom stereocenters. The number of carboxylic acids is 1. The van der Waals surface area contributed by atoms with E-state index in [1.54, 1.807) is 6.07 Å². The van der Waals surface area contributed by atoms with Crippen LogP contribution in [0.25, 0.3) is 0 Å². The minimum absolute atomic E-state index is 0.104. The van der Waals surface area contributed by atoms with Crippen LogP contribution in [0.5, 0.6) is 11.5 Å².